The maximum atomic E-state index is 16.5. The lowest BCUT2D eigenvalue weighted by atomic mass is 9.95. The van der Waals surface area contributed by atoms with Crippen molar-refractivity contribution in [2.75, 3.05) is 50.4 Å². The van der Waals surface area contributed by atoms with Crippen molar-refractivity contribution < 1.29 is 35.8 Å². The standard InChI is InChI=1S/C29H33F6N7O2/c1-14-4-6-37-7-8-38-25-19-24(40-27(41-25)43-13-28-5-3-9-42(28)12-16(30)11-28)22(32)23(39-26(19)44-14)17-10-18(36)21(31)15(2)20(17)29(33,34)35/h10,14,16,37H,3-9,11-13,36H2,1-2H3,(H,38,40,41). The Morgan fingerprint density at radius 3 is 2.73 bits per heavy atom. The average molecular weight is 626 g/mol. The van der Waals surface area contributed by atoms with Crippen molar-refractivity contribution in [2.45, 2.75) is 63.5 Å². The highest BCUT2D eigenvalue weighted by molar-refractivity contribution is 5.96. The van der Waals surface area contributed by atoms with E-state index in [-0.39, 0.29) is 36.1 Å². The van der Waals surface area contributed by atoms with Gasteiger partial charge in [-0.2, -0.15) is 23.1 Å². The van der Waals surface area contributed by atoms with Crippen molar-refractivity contribution in [2.24, 2.45) is 0 Å². The molecule has 2 saturated heterocycles. The van der Waals surface area contributed by atoms with E-state index in [9.17, 15) is 22.0 Å². The van der Waals surface area contributed by atoms with Gasteiger partial charge in [-0.1, -0.05) is 0 Å². The molecule has 238 valence electrons. The monoisotopic (exact) mass is 625 g/mol. The van der Waals surface area contributed by atoms with Crippen molar-refractivity contribution in [3.8, 4) is 23.1 Å². The van der Waals surface area contributed by atoms with Crippen molar-refractivity contribution in [3.05, 3.63) is 28.8 Å². The van der Waals surface area contributed by atoms with Gasteiger partial charge in [0.15, 0.2) is 5.82 Å². The topological polar surface area (TPSA) is 110 Å². The highest BCUT2D eigenvalue weighted by atomic mass is 19.4. The predicted molar refractivity (Wildman–Crippen MR) is 151 cm³/mol. The van der Waals surface area contributed by atoms with Crippen LogP contribution in [-0.4, -0.2) is 77.0 Å². The SMILES string of the molecule is Cc1c(F)c(N)cc(-c2nc3c4c(nc(OCC56CCCN5CC(F)C6)nc4c2F)NCCNCCC(C)O3)c1C(F)(F)F. The zero-order valence-electron chi connectivity index (χ0n) is 24.3. The fourth-order valence-corrected chi connectivity index (χ4v) is 6.54. The molecule has 6 rings (SSSR count). The van der Waals surface area contributed by atoms with Gasteiger partial charge in [-0.05, 0) is 57.8 Å². The number of benzene rings is 1. The summed E-state index contributed by atoms with van der Waals surface area (Å²) in [6.45, 7) is 5.19. The fraction of sp³-hybridized carbons (Fsp3) is 0.552. The first-order chi connectivity index (χ1) is 20.9. The highest BCUT2D eigenvalue weighted by Crippen LogP contribution is 2.45. The Bertz CT molecular complexity index is 1590. The number of hydrogen-bond acceptors (Lipinski definition) is 9. The summed E-state index contributed by atoms with van der Waals surface area (Å²) in [5.41, 5.74) is 0.442. The number of alkyl halides is 4. The number of rotatable bonds is 4. The van der Waals surface area contributed by atoms with Crippen molar-refractivity contribution in [3.63, 3.8) is 0 Å². The molecule has 15 heteroatoms. The molecule has 0 radical (unpaired) electrons. The third-order valence-electron chi connectivity index (χ3n) is 8.66. The molecule has 2 aromatic heterocycles. The quantitative estimate of drug-likeness (QED) is 0.272. The molecule has 2 fully saturated rings. The first kappa shape index (κ1) is 30.4. The molecule has 4 N–H and O–H groups in total. The van der Waals surface area contributed by atoms with Gasteiger partial charge < -0.3 is 25.8 Å². The normalized spacial score (nSPS) is 24.5. The second-order valence-electron chi connectivity index (χ2n) is 11.7. The summed E-state index contributed by atoms with van der Waals surface area (Å²) in [6, 6.07) is 0.472. The van der Waals surface area contributed by atoms with Crippen LogP contribution in [0.5, 0.6) is 11.9 Å². The molecule has 3 aliphatic rings. The van der Waals surface area contributed by atoms with Gasteiger partial charge in [-0.3, -0.25) is 4.90 Å². The average Bonchev–Trinajstić information content (AvgIpc) is 3.47. The lowest BCUT2D eigenvalue weighted by molar-refractivity contribution is -0.137. The minimum absolute atomic E-state index is 0.0121. The Morgan fingerprint density at radius 2 is 1.95 bits per heavy atom. The van der Waals surface area contributed by atoms with Gasteiger partial charge in [-0.25, -0.2) is 18.2 Å². The van der Waals surface area contributed by atoms with Crippen molar-refractivity contribution in [1.29, 1.82) is 0 Å². The number of nitrogen functional groups attached to an aromatic ring is 1. The minimum atomic E-state index is -5.07. The summed E-state index contributed by atoms with van der Waals surface area (Å²) >= 11 is 0. The Hall–Kier alpha value is -3.59. The van der Waals surface area contributed by atoms with Crippen molar-refractivity contribution >= 4 is 22.4 Å². The maximum Gasteiger partial charge on any atom is 0.417 e. The van der Waals surface area contributed by atoms with Crippen LogP contribution in [0.25, 0.3) is 22.2 Å². The van der Waals surface area contributed by atoms with E-state index in [2.05, 4.69) is 25.6 Å². The number of nitrogens with one attached hydrogen (secondary N) is 2. The number of halogens is 6. The summed E-state index contributed by atoms with van der Waals surface area (Å²) in [6.07, 6.45) is -4.18. The molecule has 3 aromatic rings. The molecule has 0 aliphatic carbocycles. The van der Waals surface area contributed by atoms with Gasteiger partial charge in [0.05, 0.1) is 22.9 Å². The first-order valence-corrected chi connectivity index (χ1v) is 14.6. The smallest absolute Gasteiger partial charge is 0.417 e. The summed E-state index contributed by atoms with van der Waals surface area (Å²) in [7, 11) is 0. The molecular formula is C29H33F6N7O2. The number of fused-ring (bicyclic) bond motifs is 1. The number of aromatic nitrogens is 3. The Kier molecular flexibility index (Phi) is 7.89. The lowest BCUT2D eigenvalue weighted by Crippen LogP contribution is -2.43. The van der Waals surface area contributed by atoms with E-state index in [1.54, 1.807) is 6.92 Å². The van der Waals surface area contributed by atoms with E-state index in [1.165, 1.54) is 0 Å². The molecule has 9 nitrogen and oxygen atoms in total. The van der Waals surface area contributed by atoms with E-state index in [1.807, 2.05) is 4.90 Å². The molecule has 3 atom stereocenters. The molecule has 0 amide bonds. The van der Waals surface area contributed by atoms with Crippen LogP contribution in [0.1, 0.15) is 43.7 Å². The fourth-order valence-electron chi connectivity index (χ4n) is 6.54. The number of nitrogens with zero attached hydrogens (tertiary/aromatic N) is 4. The summed E-state index contributed by atoms with van der Waals surface area (Å²) in [4.78, 5) is 15.0. The molecule has 3 unspecified atom stereocenters. The largest absolute Gasteiger partial charge is 0.474 e. The van der Waals surface area contributed by atoms with Gasteiger partial charge in [0, 0.05) is 31.6 Å². The Morgan fingerprint density at radius 1 is 1.16 bits per heavy atom. The first-order valence-electron chi connectivity index (χ1n) is 14.6. The maximum absolute atomic E-state index is 16.5. The number of pyridine rings is 1. The number of nitrogens with two attached hydrogens (primary N) is 1. The molecular weight excluding hydrogens is 592 g/mol. The van der Waals surface area contributed by atoms with Gasteiger partial charge in [0.1, 0.15) is 41.0 Å². The molecule has 1 aromatic carbocycles. The Labute approximate surface area is 249 Å². The minimum Gasteiger partial charge on any atom is -0.474 e. The second-order valence-corrected chi connectivity index (χ2v) is 11.7. The van der Waals surface area contributed by atoms with Crippen LogP contribution in [0.2, 0.25) is 0 Å². The van der Waals surface area contributed by atoms with Gasteiger partial charge in [0.25, 0.3) is 0 Å². The molecule has 0 spiro atoms. The van der Waals surface area contributed by atoms with Crippen LogP contribution in [0, 0.1) is 18.6 Å². The van der Waals surface area contributed by atoms with Gasteiger partial charge in [-0.15, -0.1) is 0 Å². The zero-order chi connectivity index (χ0) is 31.4. The van der Waals surface area contributed by atoms with Crippen LogP contribution in [-0.2, 0) is 6.18 Å². The summed E-state index contributed by atoms with van der Waals surface area (Å²) in [5, 5.41) is 6.36. The van der Waals surface area contributed by atoms with Crippen LogP contribution in [0.3, 0.4) is 0 Å². The predicted octanol–water partition coefficient (Wildman–Crippen LogP) is 5.01. The molecule has 0 bridgehead atoms. The number of ether oxygens (including phenoxy) is 2. The third-order valence-corrected chi connectivity index (χ3v) is 8.66. The molecule has 0 saturated carbocycles. The van der Waals surface area contributed by atoms with Crippen LogP contribution >= 0.6 is 0 Å². The zero-order valence-corrected chi connectivity index (χ0v) is 24.3. The van der Waals surface area contributed by atoms with E-state index in [4.69, 9.17) is 15.2 Å². The van der Waals surface area contributed by atoms with E-state index in [0.717, 1.165) is 19.9 Å². The van der Waals surface area contributed by atoms with Crippen LogP contribution in [0.4, 0.5) is 37.8 Å². The second kappa shape index (κ2) is 11.4. The highest BCUT2D eigenvalue weighted by Gasteiger charge is 2.49. The Balaban J connectivity index is 1.54. The van der Waals surface area contributed by atoms with Crippen LogP contribution < -0.4 is 25.8 Å². The van der Waals surface area contributed by atoms with E-state index >= 15 is 4.39 Å². The van der Waals surface area contributed by atoms with E-state index < -0.39 is 69.2 Å². The molecule has 44 heavy (non-hydrogen) atoms. The lowest BCUT2D eigenvalue weighted by Gasteiger charge is -2.30. The summed E-state index contributed by atoms with van der Waals surface area (Å²) in [5.74, 6) is -2.57. The van der Waals surface area contributed by atoms with Crippen LogP contribution in [0.15, 0.2) is 6.07 Å². The van der Waals surface area contributed by atoms with Gasteiger partial charge in [0.2, 0.25) is 5.88 Å². The number of hydrogen-bond donors (Lipinski definition) is 3. The summed E-state index contributed by atoms with van der Waals surface area (Å²) < 4.78 is 100. The van der Waals surface area contributed by atoms with Crippen molar-refractivity contribution in [1.82, 2.24) is 25.2 Å². The third kappa shape index (κ3) is 5.44. The molecule has 5 heterocycles. The van der Waals surface area contributed by atoms with Gasteiger partial charge >= 0.3 is 12.2 Å². The number of anilines is 2. The van der Waals surface area contributed by atoms with E-state index in [0.29, 0.717) is 45.1 Å². The molecule has 3 aliphatic heterocycles.